The van der Waals surface area contributed by atoms with E-state index in [1.165, 1.54) is 6.08 Å². The van der Waals surface area contributed by atoms with E-state index < -0.39 is 0 Å². The standard InChI is InChI=1S/C9H7NOS/c11-9-5-6-12-8-4-2-1-3-7(8)10-9/h1-6H,(H,10,11). The topological polar surface area (TPSA) is 29.1 Å². The number of carbonyl (C=O) groups is 1. The summed E-state index contributed by atoms with van der Waals surface area (Å²) < 4.78 is 0. The fourth-order valence-electron chi connectivity index (χ4n) is 1.02. The van der Waals surface area contributed by atoms with Gasteiger partial charge in [0.2, 0.25) is 5.91 Å². The van der Waals surface area contributed by atoms with Crippen LogP contribution in [0.5, 0.6) is 0 Å². The quantitative estimate of drug-likeness (QED) is 0.658. The molecule has 1 aliphatic rings. The third kappa shape index (κ3) is 1.36. The minimum atomic E-state index is -0.0625. The van der Waals surface area contributed by atoms with Crippen molar-refractivity contribution < 1.29 is 4.79 Å². The van der Waals surface area contributed by atoms with E-state index in [4.69, 9.17) is 0 Å². The molecule has 1 amide bonds. The first-order valence-electron chi connectivity index (χ1n) is 3.59. The van der Waals surface area contributed by atoms with Gasteiger partial charge in [0.1, 0.15) is 0 Å². The fraction of sp³-hybridized carbons (Fsp3) is 0. The molecular formula is C9H7NOS. The van der Waals surface area contributed by atoms with Crippen LogP contribution in [0.25, 0.3) is 0 Å². The Morgan fingerprint density at radius 1 is 1.25 bits per heavy atom. The number of benzene rings is 1. The van der Waals surface area contributed by atoms with Crippen LogP contribution in [0.3, 0.4) is 0 Å². The zero-order chi connectivity index (χ0) is 8.39. The lowest BCUT2D eigenvalue weighted by atomic mass is 10.3. The van der Waals surface area contributed by atoms with E-state index in [0.29, 0.717) is 0 Å². The van der Waals surface area contributed by atoms with Crippen molar-refractivity contribution in [1.29, 1.82) is 0 Å². The van der Waals surface area contributed by atoms with Crippen LogP contribution < -0.4 is 5.32 Å². The van der Waals surface area contributed by atoms with Crippen LogP contribution >= 0.6 is 11.8 Å². The van der Waals surface area contributed by atoms with Crippen molar-refractivity contribution in [1.82, 2.24) is 0 Å². The third-order valence-electron chi connectivity index (χ3n) is 1.56. The van der Waals surface area contributed by atoms with Crippen molar-refractivity contribution in [2.45, 2.75) is 4.90 Å². The monoisotopic (exact) mass is 177 g/mol. The minimum Gasteiger partial charge on any atom is -0.321 e. The van der Waals surface area contributed by atoms with Gasteiger partial charge >= 0.3 is 0 Å². The summed E-state index contributed by atoms with van der Waals surface area (Å²) >= 11 is 1.55. The van der Waals surface area contributed by atoms with Crippen LogP contribution in [0.2, 0.25) is 0 Å². The largest absolute Gasteiger partial charge is 0.321 e. The molecule has 0 saturated heterocycles. The Bertz CT molecular complexity index is 346. The SMILES string of the molecule is O=C1C=CSc2ccccc2N1. The van der Waals surface area contributed by atoms with Gasteiger partial charge in [0.15, 0.2) is 0 Å². The molecule has 1 aromatic rings. The van der Waals surface area contributed by atoms with Crippen LogP contribution in [0.15, 0.2) is 40.6 Å². The Kier molecular flexibility index (Phi) is 1.87. The lowest BCUT2D eigenvalue weighted by molar-refractivity contribution is -0.111. The van der Waals surface area contributed by atoms with E-state index in [2.05, 4.69) is 5.32 Å². The highest BCUT2D eigenvalue weighted by molar-refractivity contribution is 8.02. The Morgan fingerprint density at radius 2 is 2.08 bits per heavy atom. The van der Waals surface area contributed by atoms with E-state index in [0.717, 1.165) is 10.6 Å². The summed E-state index contributed by atoms with van der Waals surface area (Å²) in [6.07, 6.45) is 1.53. The first kappa shape index (κ1) is 7.43. The molecule has 3 heteroatoms. The van der Waals surface area contributed by atoms with Gasteiger partial charge in [0, 0.05) is 11.0 Å². The van der Waals surface area contributed by atoms with E-state index in [1.807, 2.05) is 24.3 Å². The van der Waals surface area contributed by atoms with Gasteiger partial charge in [-0.3, -0.25) is 4.79 Å². The van der Waals surface area contributed by atoms with Crippen molar-refractivity contribution >= 4 is 23.4 Å². The zero-order valence-electron chi connectivity index (χ0n) is 6.28. The molecule has 0 spiro atoms. The van der Waals surface area contributed by atoms with Gasteiger partial charge in [-0.1, -0.05) is 23.9 Å². The summed E-state index contributed by atoms with van der Waals surface area (Å²) in [5.41, 5.74) is 0.887. The first-order chi connectivity index (χ1) is 5.86. The third-order valence-corrected chi connectivity index (χ3v) is 2.44. The molecule has 0 aliphatic carbocycles. The molecular weight excluding hydrogens is 170 g/mol. The van der Waals surface area contributed by atoms with E-state index >= 15 is 0 Å². The number of anilines is 1. The summed E-state index contributed by atoms with van der Waals surface area (Å²) in [5.74, 6) is -0.0625. The average Bonchev–Trinajstić information content (AvgIpc) is 2.25. The molecule has 0 fully saturated rings. The summed E-state index contributed by atoms with van der Waals surface area (Å²) in [6, 6.07) is 7.74. The number of para-hydroxylation sites is 1. The van der Waals surface area contributed by atoms with Crippen molar-refractivity contribution in [3.63, 3.8) is 0 Å². The lowest BCUT2D eigenvalue weighted by Crippen LogP contribution is -2.06. The predicted molar refractivity (Wildman–Crippen MR) is 50.1 cm³/mol. The molecule has 2 rings (SSSR count). The van der Waals surface area contributed by atoms with Gasteiger partial charge in [-0.15, -0.1) is 0 Å². The van der Waals surface area contributed by atoms with Crippen LogP contribution in [0.1, 0.15) is 0 Å². The van der Waals surface area contributed by atoms with Crippen molar-refractivity contribution in [3.05, 3.63) is 35.7 Å². The van der Waals surface area contributed by atoms with Gasteiger partial charge in [0.25, 0.3) is 0 Å². The molecule has 1 heterocycles. The summed E-state index contributed by atoms with van der Waals surface area (Å²) in [5, 5.41) is 4.57. The number of rotatable bonds is 0. The minimum absolute atomic E-state index is 0.0625. The molecule has 0 unspecified atom stereocenters. The van der Waals surface area contributed by atoms with Gasteiger partial charge in [0.05, 0.1) is 5.69 Å². The van der Waals surface area contributed by atoms with Gasteiger partial charge in [-0.2, -0.15) is 0 Å². The molecule has 0 aromatic heterocycles. The average molecular weight is 177 g/mol. The first-order valence-corrected chi connectivity index (χ1v) is 4.47. The lowest BCUT2D eigenvalue weighted by Gasteiger charge is -2.03. The normalized spacial score (nSPS) is 14.8. The smallest absolute Gasteiger partial charge is 0.248 e. The van der Waals surface area contributed by atoms with E-state index in [-0.39, 0.29) is 5.91 Å². The number of fused-ring (bicyclic) bond motifs is 1. The van der Waals surface area contributed by atoms with Crippen LogP contribution in [-0.4, -0.2) is 5.91 Å². The second-order valence-corrected chi connectivity index (χ2v) is 3.35. The molecule has 12 heavy (non-hydrogen) atoms. The molecule has 0 bridgehead atoms. The highest BCUT2D eigenvalue weighted by Crippen LogP contribution is 2.29. The summed E-state index contributed by atoms with van der Waals surface area (Å²) in [7, 11) is 0. The highest BCUT2D eigenvalue weighted by atomic mass is 32.2. The van der Waals surface area contributed by atoms with Gasteiger partial charge in [-0.05, 0) is 17.5 Å². The van der Waals surface area contributed by atoms with Crippen molar-refractivity contribution in [3.8, 4) is 0 Å². The summed E-state index contributed by atoms with van der Waals surface area (Å²) in [6.45, 7) is 0. The predicted octanol–water partition coefficient (Wildman–Crippen LogP) is 2.24. The second kappa shape index (κ2) is 3.03. The number of nitrogens with one attached hydrogen (secondary N) is 1. The molecule has 1 aromatic carbocycles. The summed E-state index contributed by atoms with van der Waals surface area (Å²) in [4.78, 5) is 12.1. The molecule has 0 atom stereocenters. The van der Waals surface area contributed by atoms with Crippen LogP contribution in [-0.2, 0) is 4.79 Å². The Morgan fingerprint density at radius 3 is 3.00 bits per heavy atom. The van der Waals surface area contributed by atoms with Crippen LogP contribution in [0, 0.1) is 0 Å². The molecule has 0 saturated carbocycles. The van der Waals surface area contributed by atoms with Gasteiger partial charge < -0.3 is 5.32 Å². The Labute approximate surface area is 74.7 Å². The van der Waals surface area contributed by atoms with Crippen molar-refractivity contribution in [2.75, 3.05) is 5.32 Å². The maximum absolute atomic E-state index is 11.0. The maximum Gasteiger partial charge on any atom is 0.248 e. The number of hydrogen-bond acceptors (Lipinski definition) is 2. The van der Waals surface area contributed by atoms with E-state index in [1.54, 1.807) is 17.2 Å². The van der Waals surface area contributed by atoms with Crippen molar-refractivity contribution in [2.24, 2.45) is 0 Å². The number of thioether (sulfide) groups is 1. The molecule has 1 aliphatic heterocycles. The molecule has 1 N–H and O–H groups in total. The number of carbonyl (C=O) groups excluding carboxylic acids is 1. The maximum atomic E-state index is 11.0. The fourth-order valence-corrected chi connectivity index (χ4v) is 1.76. The highest BCUT2D eigenvalue weighted by Gasteiger charge is 2.06. The Balaban J connectivity index is 2.44. The molecule has 2 nitrogen and oxygen atoms in total. The second-order valence-electron chi connectivity index (χ2n) is 2.41. The number of amides is 1. The van der Waals surface area contributed by atoms with Crippen LogP contribution in [0.4, 0.5) is 5.69 Å². The Hall–Kier alpha value is -1.22. The van der Waals surface area contributed by atoms with E-state index in [9.17, 15) is 4.79 Å². The van der Waals surface area contributed by atoms with Gasteiger partial charge in [-0.25, -0.2) is 0 Å². The molecule has 60 valence electrons. The number of hydrogen-bond donors (Lipinski definition) is 1. The molecule has 0 radical (unpaired) electrons. The zero-order valence-corrected chi connectivity index (χ0v) is 7.10.